The van der Waals surface area contributed by atoms with Crippen LogP contribution in [-0.4, -0.2) is 21.1 Å². The van der Waals surface area contributed by atoms with E-state index in [2.05, 4.69) is 15.1 Å². The Hall–Kier alpha value is -3.13. The summed E-state index contributed by atoms with van der Waals surface area (Å²) in [7, 11) is 0. The molecule has 0 unspecified atom stereocenters. The number of carbonyl (C=O) groups is 1. The molecule has 0 N–H and O–H groups in total. The fourth-order valence-electron chi connectivity index (χ4n) is 2.22. The number of nitrogens with zero attached hydrogens (tertiary/aromatic N) is 3. The van der Waals surface area contributed by atoms with Crippen LogP contribution in [-0.2, 0) is 11.3 Å². The summed E-state index contributed by atoms with van der Waals surface area (Å²) in [5.41, 5.74) is 3.59. The number of ether oxygens (including phenoxy) is 1. The molecule has 2 heterocycles. The van der Waals surface area contributed by atoms with Crippen molar-refractivity contribution in [3.05, 3.63) is 65.2 Å². The van der Waals surface area contributed by atoms with Crippen molar-refractivity contribution in [1.82, 2.24) is 15.1 Å². The average Bonchev–Trinajstić information content (AvgIpc) is 3.29. The Labute approximate surface area is 144 Å². The maximum atomic E-state index is 12.9. The number of carbonyl (C=O) groups excluding carboxylic acids is 1. The molecule has 0 spiro atoms. The van der Waals surface area contributed by atoms with Gasteiger partial charge in [-0.05, 0) is 42.5 Å². The van der Waals surface area contributed by atoms with Crippen molar-refractivity contribution >= 4 is 27.5 Å². The van der Waals surface area contributed by atoms with Gasteiger partial charge in [0.05, 0.1) is 21.3 Å². The van der Waals surface area contributed by atoms with E-state index in [1.54, 1.807) is 35.8 Å². The lowest BCUT2D eigenvalue weighted by atomic mass is 10.2. The Bertz CT molecular complexity index is 1040. The molecule has 0 aliphatic heterocycles. The minimum atomic E-state index is -0.489. The van der Waals surface area contributed by atoms with E-state index in [0.29, 0.717) is 17.0 Å². The molecule has 0 fully saturated rings. The van der Waals surface area contributed by atoms with Crippen molar-refractivity contribution in [2.75, 3.05) is 0 Å². The second kappa shape index (κ2) is 6.40. The Morgan fingerprint density at radius 2 is 2.04 bits per heavy atom. The summed E-state index contributed by atoms with van der Waals surface area (Å²) in [5, 5.41) is 3.79. The molecule has 124 valence electrons. The number of hydrogen-bond donors (Lipinski definition) is 0. The first-order chi connectivity index (χ1) is 12.2. The van der Waals surface area contributed by atoms with Crippen LogP contribution in [0.5, 0.6) is 0 Å². The summed E-state index contributed by atoms with van der Waals surface area (Å²) in [6.45, 7) is -0.145. The molecule has 8 heteroatoms. The monoisotopic (exact) mass is 355 g/mol. The summed E-state index contributed by atoms with van der Waals surface area (Å²) >= 11 is 1.45. The molecular formula is C17H10FN3O3S. The third-order valence-electron chi connectivity index (χ3n) is 3.46. The van der Waals surface area contributed by atoms with Gasteiger partial charge in [0.15, 0.2) is 6.61 Å². The molecule has 0 bridgehead atoms. The quantitative estimate of drug-likeness (QED) is 0.518. The topological polar surface area (TPSA) is 78.1 Å². The molecule has 0 aliphatic carbocycles. The molecule has 2 aromatic carbocycles. The molecule has 4 rings (SSSR count). The molecule has 2 aromatic heterocycles. The Morgan fingerprint density at radius 3 is 2.88 bits per heavy atom. The van der Waals surface area contributed by atoms with Crippen LogP contribution in [0, 0.1) is 5.82 Å². The van der Waals surface area contributed by atoms with E-state index in [0.717, 1.165) is 10.2 Å². The van der Waals surface area contributed by atoms with Gasteiger partial charge in [0.25, 0.3) is 5.89 Å². The van der Waals surface area contributed by atoms with Gasteiger partial charge in [-0.1, -0.05) is 5.16 Å². The minimum Gasteiger partial charge on any atom is -0.452 e. The fourth-order valence-corrected chi connectivity index (χ4v) is 2.94. The van der Waals surface area contributed by atoms with E-state index in [9.17, 15) is 9.18 Å². The van der Waals surface area contributed by atoms with Gasteiger partial charge < -0.3 is 9.26 Å². The zero-order valence-corrected chi connectivity index (χ0v) is 13.5. The van der Waals surface area contributed by atoms with Gasteiger partial charge >= 0.3 is 5.97 Å². The summed E-state index contributed by atoms with van der Waals surface area (Å²) in [5.74, 6) is -0.375. The van der Waals surface area contributed by atoms with Crippen LogP contribution in [0.1, 0.15) is 16.2 Å². The van der Waals surface area contributed by atoms with Gasteiger partial charge in [0.2, 0.25) is 5.82 Å². The Kier molecular flexibility index (Phi) is 3.95. The highest BCUT2D eigenvalue weighted by atomic mass is 32.1. The van der Waals surface area contributed by atoms with Crippen LogP contribution in [0.25, 0.3) is 21.6 Å². The van der Waals surface area contributed by atoms with E-state index in [4.69, 9.17) is 9.26 Å². The molecule has 4 aromatic rings. The first-order valence-corrected chi connectivity index (χ1v) is 8.16. The van der Waals surface area contributed by atoms with E-state index >= 15 is 0 Å². The van der Waals surface area contributed by atoms with Gasteiger partial charge in [-0.25, -0.2) is 14.2 Å². The Morgan fingerprint density at radius 1 is 1.20 bits per heavy atom. The smallest absolute Gasteiger partial charge is 0.338 e. The zero-order chi connectivity index (χ0) is 17.2. The molecule has 0 amide bonds. The van der Waals surface area contributed by atoms with Crippen LogP contribution >= 0.6 is 11.3 Å². The van der Waals surface area contributed by atoms with E-state index in [1.807, 2.05) is 0 Å². The fraction of sp³-hybridized carbons (Fsp3) is 0.0588. The molecule has 0 radical (unpaired) electrons. The number of rotatable bonds is 4. The highest BCUT2D eigenvalue weighted by Crippen LogP contribution is 2.20. The summed E-state index contributed by atoms with van der Waals surface area (Å²) in [6.07, 6.45) is 0. The first-order valence-electron chi connectivity index (χ1n) is 7.28. The molecule has 0 saturated heterocycles. The maximum Gasteiger partial charge on any atom is 0.338 e. The zero-order valence-electron chi connectivity index (χ0n) is 12.7. The number of aromatic nitrogens is 3. The average molecular weight is 355 g/mol. The highest BCUT2D eigenvalue weighted by molar-refractivity contribution is 7.16. The summed E-state index contributed by atoms with van der Waals surface area (Å²) in [6, 6.07) is 10.8. The lowest BCUT2D eigenvalue weighted by Crippen LogP contribution is -2.05. The van der Waals surface area contributed by atoms with Gasteiger partial charge in [-0.3, -0.25) is 0 Å². The lowest BCUT2D eigenvalue weighted by molar-refractivity contribution is 0.0430. The Balaban J connectivity index is 1.44. The minimum absolute atomic E-state index is 0.145. The number of benzene rings is 2. The van der Waals surface area contributed by atoms with Crippen LogP contribution < -0.4 is 0 Å². The van der Waals surface area contributed by atoms with Gasteiger partial charge in [-0.2, -0.15) is 4.98 Å². The predicted octanol–water partition coefficient (Wildman–Crippen LogP) is 3.84. The second-order valence-corrected chi connectivity index (χ2v) is 6.02. The van der Waals surface area contributed by atoms with Crippen LogP contribution in [0.4, 0.5) is 4.39 Å². The molecule has 25 heavy (non-hydrogen) atoms. The third kappa shape index (κ3) is 3.24. The van der Waals surface area contributed by atoms with Crippen LogP contribution in [0.2, 0.25) is 0 Å². The van der Waals surface area contributed by atoms with Gasteiger partial charge in [0.1, 0.15) is 5.82 Å². The van der Waals surface area contributed by atoms with Crippen molar-refractivity contribution in [3.63, 3.8) is 0 Å². The van der Waals surface area contributed by atoms with Crippen LogP contribution in [0.3, 0.4) is 0 Å². The van der Waals surface area contributed by atoms with Crippen molar-refractivity contribution in [2.24, 2.45) is 0 Å². The lowest BCUT2D eigenvalue weighted by Gasteiger charge is -2.01. The summed E-state index contributed by atoms with van der Waals surface area (Å²) in [4.78, 5) is 20.4. The molecule has 0 atom stereocenters. The SMILES string of the molecule is O=C(OCc1nc(-c2ccc(F)cc2)no1)c1ccc2ncsc2c1. The normalized spacial score (nSPS) is 10.9. The maximum absolute atomic E-state index is 12.9. The molecular weight excluding hydrogens is 345 g/mol. The molecule has 6 nitrogen and oxygen atoms in total. The van der Waals surface area contributed by atoms with Gasteiger partial charge in [0, 0.05) is 5.56 Å². The van der Waals surface area contributed by atoms with E-state index < -0.39 is 5.97 Å². The van der Waals surface area contributed by atoms with Gasteiger partial charge in [-0.15, -0.1) is 11.3 Å². The number of halogens is 1. The van der Waals surface area contributed by atoms with Crippen molar-refractivity contribution in [2.45, 2.75) is 6.61 Å². The van der Waals surface area contributed by atoms with E-state index in [-0.39, 0.29) is 18.3 Å². The number of fused-ring (bicyclic) bond motifs is 1. The number of hydrogen-bond acceptors (Lipinski definition) is 7. The van der Waals surface area contributed by atoms with Crippen molar-refractivity contribution < 1.29 is 18.4 Å². The number of esters is 1. The predicted molar refractivity (Wildman–Crippen MR) is 88.4 cm³/mol. The molecule has 0 aliphatic rings. The molecule has 0 saturated carbocycles. The number of thiazole rings is 1. The van der Waals surface area contributed by atoms with Crippen molar-refractivity contribution in [1.29, 1.82) is 0 Å². The third-order valence-corrected chi connectivity index (χ3v) is 4.26. The highest BCUT2D eigenvalue weighted by Gasteiger charge is 2.13. The van der Waals surface area contributed by atoms with Crippen molar-refractivity contribution in [3.8, 4) is 11.4 Å². The standard InChI is InChI=1S/C17H10FN3O3S/c18-12-4-1-10(2-5-12)16-20-15(24-21-16)8-23-17(22)11-3-6-13-14(7-11)25-9-19-13/h1-7,9H,8H2. The first kappa shape index (κ1) is 15.4. The largest absolute Gasteiger partial charge is 0.452 e. The second-order valence-electron chi connectivity index (χ2n) is 5.13. The van der Waals surface area contributed by atoms with E-state index in [1.165, 1.54) is 23.5 Å². The summed E-state index contributed by atoms with van der Waals surface area (Å²) < 4.78 is 24.1. The van der Waals surface area contributed by atoms with Crippen LogP contribution in [0.15, 0.2) is 52.5 Å².